The van der Waals surface area contributed by atoms with Crippen molar-refractivity contribution in [2.75, 3.05) is 38.6 Å². The molecule has 1 unspecified atom stereocenters. The molecule has 1 aliphatic heterocycles. The van der Waals surface area contributed by atoms with Gasteiger partial charge in [-0.1, -0.05) is 0 Å². The molecule has 5 nitrogen and oxygen atoms in total. The van der Waals surface area contributed by atoms with Crippen LogP contribution in [0.1, 0.15) is 5.56 Å². The molecule has 2 heterocycles. The van der Waals surface area contributed by atoms with Crippen LogP contribution in [0.15, 0.2) is 18.3 Å². The van der Waals surface area contributed by atoms with E-state index in [1.807, 2.05) is 0 Å². The zero-order valence-electron chi connectivity index (χ0n) is 9.89. The standard InChI is InChI=1S/C12H16N4O/c1-16-4-5-17-11(9-16)8-15-12-6-10(7-13)2-3-14-12/h2-3,6,11H,4-5,8-9H2,1H3,(H,14,15). The van der Waals surface area contributed by atoms with Crippen molar-refractivity contribution in [3.8, 4) is 6.07 Å². The maximum Gasteiger partial charge on any atom is 0.127 e. The second-order valence-electron chi connectivity index (χ2n) is 4.18. The van der Waals surface area contributed by atoms with E-state index < -0.39 is 0 Å². The van der Waals surface area contributed by atoms with Crippen LogP contribution in [0.25, 0.3) is 0 Å². The summed E-state index contributed by atoms with van der Waals surface area (Å²) >= 11 is 0. The molecule has 90 valence electrons. The van der Waals surface area contributed by atoms with Crippen LogP contribution < -0.4 is 5.32 Å². The summed E-state index contributed by atoms with van der Waals surface area (Å²) in [5, 5.41) is 12.0. The van der Waals surface area contributed by atoms with E-state index in [1.165, 1.54) is 0 Å². The number of pyridine rings is 1. The first kappa shape index (κ1) is 11.8. The molecular formula is C12H16N4O. The van der Waals surface area contributed by atoms with Gasteiger partial charge in [-0.3, -0.25) is 0 Å². The van der Waals surface area contributed by atoms with Gasteiger partial charge in [0.2, 0.25) is 0 Å². The van der Waals surface area contributed by atoms with E-state index in [1.54, 1.807) is 18.3 Å². The van der Waals surface area contributed by atoms with Crippen molar-refractivity contribution in [3.05, 3.63) is 23.9 Å². The molecule has 0 aliphatic carbocycles. The van der Waals surface area contributed by atoms with Gasteiger partial charge >= 0.3 is 0 Å². The smallest absolute Gasteiger partial charge is 0.127 e. The summed E-state index contributed by atoms with van der Waals surface area (Å²) in [7, 11) is 2.09. The molecule has 1 aromatic rings. The number of nitrogens with one attached hydrogen (secondary N) is 1. The molecule has 5 heteroatoms. The number of ether oxygens (including phenoxy) is 1. The molecular weight excluding hydrogens is 216 g/mol. The second kappa shape index (κ2) is 5.62. The van der Waals surface area contributed by atoms with Gasteiger partial charge in [-0.15, -0.1) is 0 Å². The Hall–Kier alpha value is -1.64. The molecule has 0 radical (unpaired) electrons. The largest absolute Gasteiger partial charge is 0.374 e. The minimum absolute atomic E-state index is 0.182. The molecule has 1 N–H and O–H groups in total. The zero-order valence-corrected chi connectivity index (χ0v) is 9.89. The number of nitrogens with zero attached hydrogens (tertiary/aromatic N) is 3. The number of hydrogen-bond donors (Lipinski definition) is 1. The topological polar surface area (TPSA) is 61.2 Å². The van der Waals surface area contributed by atoms with Gasteiger partial charge in [0.1, 0.15) is 5.82 Å². The van der Waals surface area contributed by atoms with Crippen molar-refractivity contribution in [2.45, 2.75) is 6.10 Å². The van der Waals surface area contributed by atoms with Gasteiger partial charge in [0.05, 0.1) is 24.3 Å². The fourth-order valence-corrected chi connectivity index (χ4v) is 1.81. The fraction of sp³-hybridized carbons (Fsp3) is 0.500. The average Bonchev–Trinajstić information content (AvgIpc) is 2.37. The van der Waals surface area contributed by atoms with Gasteiger partial charge in [0.25, 0.3) is 0 Å². The highest BCUT2D eigenvalue weighted by Gasteiger charge is 2.17. The molecule has 1 atom stereocenters. The number of nitriles is 1. The lowest BCUT2D eigenvalue weighted by molar-refractivity contribution is -0.0117. The Bertz CT molecular complexity index is 415. The van der Waals surface area contributed by atoms with E-state index in [-0.39, 0.29) is 6.10 Å². The average molecular weight is 232 g/mol. The Morgan fingerprint density at radius 3 is 3.35 bits per heavy atom. The lowest BCUT2D eigenvalue weighted by Crippen LogP contribution is -2.43. The normalized spacial score (nSPS) is 20.8. The quantitative estimate of drug-likeness (QED) is 0.831. The van der Waals surface area contributed by atoms with E-state index in [4.69, 9.17) is 10.00 Å². The minimum atomic E-state index is 0.182. The van der Waals surface area contributed by atoms with Crippen LogP contribution in [0.4, 0.5) is 5.82 Å². The van der Waals surface area contributed by atoms with Gasteiger partial charge in [0, 0.05) is 25.8 Å². The molecule has 17 heavy (non-hydrogen) atoms. The van der Waals surface area contributed by atoms with Gasteiger partial charge in [-0.05, 0) is 19.2 Å². The number of anilines is 1. The lowest BCUT2D eigenvalue weighted by Gasteiger charge is -2.30. The van der Waals surface area contributed by atoms with Gasteiger partial charge in [-0.25, -0.2) is 4.98 Å². The molecule has 0 bridgehead atoms. The summed E-state index contributed by atoms with van der Waals surface area (Å²) in [5.41, 5.74) is 0.615. The summed E-state index contributed by atoms with van der Waals surface area (Å²) in [4.78, 5) is 6.40. The van der Waals surface area contributed by atoms with Crippen LogP contribution in [-0.4, -0.2) is 49.3 Å². The minimum Gasteiger partial charge on any atom is -0.374 e. The monoisotopic (exact) mass is 232 g/mol. The van der Waals surface area contributed by atoms with E-state index >= 15 is 0 Å². The zero-order chi connectivity index (χ0) is 12.1. The highest BCUT2D eigenvalue weighted by atomic mass is 16.5. The maximum absolute atomic E-state index is 8.78. The number of morpholine rings is 1. The molecule has 1 aromatic heterocycles. The summed E-state index contributed by atoms with van der Waals surface area (Å²) in [6.45, 7) is 3.39. The van der Waals surface area contributed by atoms with Crippen molar-refractivity contribution in [2.24, 2.45) is 0 Å². The molecule has 1 aliphatic rings. The van der Waals surface area contributed by atoms with Crippen LogP contribution >= 0.6 is 0 Å². The van der Waals surface area contributed by atoms with Crippen molar-refractivity contribution < 1.29 is 4.74 Å². The molecule has 0 spiro atoms. The first-order chi connectivity index (χ1) is 8.28. The molecule has 2 rings (SSSR count). The first-order valence-electron chi connectivity index (χ1n) is 5.68. The highest BCUT2D eigenvalue weighted by Crippen LogP contribution is 2.08. The summed E-state index contributed by atoms with van der Waals surface area (Å²) in [6, 6.07) is 5.53. The summed E-state index contributed by atoms with van der Waals surface area (Å²) in [6.07, 6.45) is 1.82. The molecule has 1 fully saturated rings. The van der Waals surface area contributed by atoms with Crippen molar-refractivity contribution >= 4 is 5.82 Å². The Kier molecular flexibility index (Phi) is 3.91. The lowest BCUT2D eigenvalue weighted by atomic mass is 10.2. The third-order valence-electron chi connectivity index (χ3n) is 2.74. The van der Waals surface area contributed by atoms with Gasteiger partial charge < -0.3 is 15.0 Å². The maximum atomic E-state index is 8.78. The van der Waals surface area contributed by atoms with E-state index in [0.717, 1.165) is 25.5 Å². The van der Waals surface area contributed by atoms with Crippen molar-refractivity contribution in [1.29, 1.82) is 5.26 Å². The molecule has 0 aromatic carbocycles. The Morgan fingerprint density at radius 2 is 2.59 bits per heavy atom. The van der Waals surface area contributed by atoms with Gasteiger partial charge in [-0.2, -0.15) is 5.26 Å². The third kappa shape index (κ3) is 3.41. The predicted molar refractivity (Wildman–Crippen MR) is 64.7 cm³/mol. The SMILES string of the molecule is CN1CCOC(CNc2cc(C#N)ccn2)C1. The van der Waals surface area contributed by atoms with Crippen LogP contribution in [0.2, 0.25) is 0 Å². The van der Waals surface area contributed by atoms with Crippen LogP contribution in [0.3, 0.4) is 0 Å². The van der Waals surface area contributed by atoms with Crippen molar-refractivity contribution in [3.63, 3.8) is 0 Å². The van der Waals surface area contributed by atoms with Gasteiger partial charge in [0.15, 0.2) is 0 Å². The Morgan fingerprint density at radius 1 is 1.71 bits per heavy atom. The number of aromatic nitrogens is 1. The summed E-state index contributed by atoms with van der Waals surface area (Å²) in [5.74, 6) is 0.723. The number of rotatable bonds is 3. The Balaban J connectivity index is 1.87. The van der Waals surface area contributed by atoms with Crippen LogP contribution in [0.5, 0.6) is 0 Å². The molecule has 0 amide bonds. The fourth-order valence-electron chi connectivity index (χ4n) is 1.81. The first-order valence-corrected chi connectivity index (χ1v) is 5.68. The highest BCUT2D eigenvalue weighted by molar-refractivity contribution is 5.42. The Labute approximate surface area is 101 Å². The number of likely N-dealkylation sites (N-methyl/N-ethyl adjacent to an activating group) is 1. The molecule has 0 saturated carbocycles. The van der Waals surface area contributed by atoms with Crippen molar-refractivity contribution in [1.82, 2.24) is 9.88 Å². The van der Waals surface area contributed by atoms with Crippen LogP contribution in [-0.2, 0) is 4.74 Å². The molecule has 1 saturated heterocycles. The van der Waals surface area contributed by atoms with E-state index in [2.05, 4.69) is 28.3 Å². The summed E-state index contributed by atoms with van der Waals surface area (Å²) < 4.78 is 5.63. The predicted octanol–water partition coefficient (Wildman–Crippen LogP) is 0.696. The van der Waals surface area contributed by atoms with Crippen LogP contribution in [0, 0.1) is 11.3 Å². The third-order valence-corrected chi connectivity index (χ3v) is 2.74. The number of hydrogen-bond acceptors (Lipinski definition) is 5. The van der Waals surface area contributed by atoms with E-state index in [9.17, 15) is 0 Å². The van der Waals surface area contributed by atoms with E-state index in [0.29, 0.717) is 12.1 Å². The second-order valence-corrected chi connectivity index (χ2v) is 4.18.